The van der Waals surface area contributed by atoms with Gasteiger partial charge in [-0.15, -0.1) is 0 Å². The number of rotatable bonds is 7. The number of unbranched alkanes of at least 4 members (excludes halogenated alkanes) is 1. The molecule has 0 radical (unpaired) electrons. The van der Waals surface area contributed by atoms with E-state index in [1.165, 1.54) is 5.69 Å². The minimum atomic E-state index is -0.248. The molecule has 7 heteroatoms. The van der Waals surface area contributed by atoms with Crippen molar-refractivity contribution in [1.29, 1.82) is 0 Å². The van der Waals surface area contributed by atoms with E-state index < -0.39 is 0 Å². The highest BCUT2D eigenvalue weighted by Crippen LogP contribution is 2.19. The fourth-order valence-electron chi connectivity index (χ4n) is 3.19. The molecule has 0 saturated carbocycles. The number of anilines is 2. The molecule has 1 aliphatic heterocycles. The van der Waals surface area contributed by atoms with Crippen LogP contribution in [0.4, 0.5) is 11.4 Å². The van der Waals surface area contributed by atoms with E-state index in [1.807, 2.05) is 12.1 Å². The number of hydrogen-bond acceptors (Lipinski definition) is 5. The monoisotopic (exact) mass is 426 g/mol. The molecule has 0 spiro atoms. The molecule has 0 aromatic heterocycles. The third kappa shape index (κ3) is 6.43. The van der Waals surface area contributed by atoms with E-state index in [1.54, 1.807) is 24.3 Å². The largest absolute Gasteiger partial charge is 0.494 e. The number of benzene rings is 2. The molecule has 1 saturated heterocycles. The van der Waals surface area contributed by atoms with Crippen LogP contribution in [-0.2, 0) is 0 Å². The van der Waals surface area contributed by atoms with Gasteiger partial charge in [0.05, 0.1) is 6.61 Å². The Morgan fingerprint density at radius 3 is 2.33 bits per heavy atom. The van der Waals surface area contributed by atoms with Gasteiger partial charge in [0, 0.05) is 43.1 Å². The van der Waals surface area contributed by atoms with Crippen LogP contribution in [0.3, 0.4) is 0 Å². The van der Waals surface area contributed by atoms with Crippen molar-refractivity contribution in [2.24, 2.45) is 0 Å². The molecular weight excluding hydrogens is 396 g/mol. The van der Waals surface area contributed by atoms with Gasteiger partial charge in [0.2, 0.25) is 0 Å². The zero-order valence-electron chi connectivity index (χ0n) is 17.7. The van der Waals surface area contributed by atoms with Crippen molar-refractivity contribution in [3.8, 4) is 5.75 Å². The van der Waals surface area contributed by atoms with Crippen LogP contribution in [0.5, 0.6) is 5.75 Å². The molecule has 2 N–H and O–H groups in total. The number of ether oxygens (including phenoxy) is 1. The summed E-state index contributed by atoms with van der Waals surface area (Å²) in [4.78, 5) is 17.1. The summed E-state index contributed by atoms with van der Waals surface area (Å²) in [7, 11) is 2.15. The van der Waals surface area contributed by atoms with Gasteiger partial charge in [0.1, 0.15) is 5.75 Å². The smallest absolute Gasteiger partial charge is 0.257 e. The quantitative estimate of drug-likeness (QED) is 0.520. The molecule has 160 valence electrons. The molecule has 0 atom stereocenters. The normalized spacial score (nSPS) is 14.3. The number of carbonyl (C=O) groups is 1. The number of piperazine rings is 1. The Morgan fingerprint density at radius 1 is 1.03 bits per heavy atom. The van der Waals surface area contributed by atoms with Crippen molar-refractivity contribution >= 4 is 34.6 Å². The molecular formula is C23H30N4O2S. The minimum Gasteiger partial charge on any atom is -0.494 e. The van der Waals surface area contributed by atoms with Crippen molar-refractivity contribution in [3.63, 3.8) is 0 Å². The van der Waals surface area contributed by atoms with Crippen LogP contribution in [0.25, 0.3) is 0 Å². The van der Waals surface area contributed by atoms with Gasteiger partial charge in [-0.3, -0.25) is 10.1 Å². The Balaban J connectivity index is 1.48. The van der Waals surface area contributed by atoms with Crippen molar-refractivity contribution in [3.05, 3.63) is 54.1 Å². The number of thiocarbonyl (C=S) groups is 1. The van der Waals surface area contributed by atoms with E-state index in [0.717, 1.165) is 50.5 Å². The predicted octanol–water partition coefficient (Wildman–Crippen LogP) is 3.74. The Hall–Kier alpha value is -2.64. The Labute approximate surface area is 184 Å². The second-order valence-corrected chi connectivity index (χ2v) is 7.88. The van der Waals surface area contributed by atoms with Crippen LogP contribution in [0.1, 0.15) is 30.1 Å². The molecule has 1 heterocycles. The van der Waals surface area contributed by atoms with Gasteiger partial charge >= 0.3 is 0 Å². The number of amides is 1. The Kier molecular flexibility index (Phi) is 8.04. The van der Waals surface area contributed by atoms with Gasteiger partial charge in [-0.25, -0.2) is 0 Å². The predicted molar refractivity (Wildman–Crippen MR) is 127 cm³/mol. The average molecular weight is 427 g/mol. The maximum Gasteiger partial charge on any atom is 0.257 e. The standard InChI is InChI=1S/C23H30N4O2S/c1-3-4-17-29-21-11-5-18(6-12-21)22(28)25-23(30)24-19-7-9-20(10-8-19)27-15-13-26(2)14-16-27/h5-12H,3-4,13-17H2,1-2H3,(H2,24,25,28,30). The molecule has 2 aromatic carbocycles. The second-order valence-electron chi connectivity index (χ2n) is 7.47. The molecule has 0 unspecified atom stereocenters. The topological polar surface area (TPSA) is 56.8 Å². The molecule has 3 rings (SSSR count). The number of carbonyl (C=O) groups excluding carboxylic acids is 1. The molecule has 6 nitrogen and oxygen atoms in total. The van der Waals surface area contributed by atoms with Crippen LogP contribution in [0, 0.1) is 0 Å². The average Bonchev–Trinajstić information content (AvgIpc) is 2.75. The maximum atomic E-state index is 12.4. The summed E-state index contributed by atoms with van der Waals surface area (Å²) in [6.45, 7) is 7.00. The van der Waals surface area contributed by atoms with Crippen molar-refractivity contribution in [2.45, 2.75) is 19.8 Å². The van der Waals surface area contributed by atoms with Gasteiger partial charge in [-0.05, 0) is 74.2 Å². The number of nitrogens with zero attached hydrogens (tertiary/aromatic N) is 2. The van der Waals surface area contributed by atoms with Gasteiger partial charge in [0.15, 0.2) is 5.11 Å². The number of likely N-dealkylation sites (N-methyl/N-ethyl adjacent to an activating group) is 1. The minimum absolute atomic E-state index is 0.248. The van der Waals surface area contributed by atoms with E-state index in [2.05, 4.69) is 46.5 Å². The van der Waals surface area contributed by atoms with Crippen molar-refractivity contribution < 1.29 is 9.53 Å². The van der Waals surface area contributed by atoms with E-state index in [0.29, 0.717) is 12.2 Å². The fourth-order valence-corrected chi connectivity index (χ4v) is 3.41. The summed E-state index contributed by atoms with van der Waals surface area (Å²) in [6.07, 6.45) is 2.10. The summed E-state index contributed by atoms with van der Waals surface area (Å²) in [6, 6.07) is 15.2. The highest BCUT2D eigenvalue weighted by atomic mass is 32.1. The van der Waals surface area contributed by atoms with Crippen LogP contribution in [-0.4, -0.2) is 55.8 Å². The van der Waals surface area contributed by atoms with Crippen LogP contribution < -0.4 is 20.3 Å². The van der Waals surface area contributed by atoms with Crippen LogP contribution in [0.15, 0.2) is 48.5 Å². The lowest BCUT2D eigenvalue weighted by atomic mass is 10.2. The van der Waals surface area contributed by atoms with Gasteiger partial charge < -0.3 is 19.9 Å². The van der Waals surface area contributed by atoms with Crippen LogP contribution >= 0.6 is 12.2 Å². The highest BCUT2D eigenvalue weighted by molar-refractivity contribution is 7.80. The molecule has 0 aliphatic carbocycles. The first kappa shape index (κ1) is 22.1. The summed E-state index contributed by atoms with van der Waals surface area (Å²) in [5.41, 5.74) is 2.58. The number of hydrogen-bond donors (Lipinski definition) is 2. The fraction of sp³-hybridized carbons (Fsp3) is 0.391. The zero-order valence-corrected chi connectivity index (χ0v) is 18.5. The lowest BCUT2D eigenvalue weighted by Gasteiger charge is -2.34. The number of nitrogens with one attached hydrogen (secondary N) is 2. The van der Waals surface area contributed by atoms with E-state index in [4.69, 9.17) is 17.0 Å². The van der Waals surface area contributed by atoms with E-state index in [9.17, 15) is 4.79 Å². The summed E-state index contributed by atoms with van der Waals surface area (Å²) in [5.74, 6) is 0.516. The summed E-state index contributed by atoms with van der Waals surface area (Å²) >= 11 is 5.30. The Bertz CT molecular complexity index is 831. The van der Waals surface area contributed by atoms with Crippen LogP contribution in [0.2, 0.25) is 0 Å². The third-order valence-corrected chi connectivity index (χ3v) is 5.31. The van der Waals surface area contributed by atoms with Gasteiger partial charge in [0.25, 0.3) is 5.91 Å². The van der Waals surface area contributed by atoms with Gasteiger partial charge in [-0.2, -0.15) is 0 Å². The SMILES string of the molecule is CCCCOc1ccc(C(=O)NC(=S)Nc2ccc(N3CCN(C)CC3)cc2)cc1. The zero-order chi connectivity index (χ0) is 21.3. The van der Waals surface area contributed by atoms with Crippen molar-refractivity contribution in [2.75, 3.05) is 50.1 Å². The lowest BCUT2D eigenvalue weighted by Crippen LogP contribution is -2.44. The van der Waals surface area contributed by atoms with E-state index >= 15 is 0 Å². The molecule has 1 fully saturated rings. The summed E-state index contributed by atoms with van der Waals surface area (Å²) < 4.78 is 5.62. The van der Waals surface area contributed by atoms with Gasteiger partial charge in [-0.1, -0.05) is 13.3 Å². The highest BCUT2D eigenvalue weighted by Gasteiger charge is 2.14. The lowest BCUT2D eigenvalue weighted by molar-refractivity contribution is 0.0977. The molecule has 1 aliphatic rings. The molecule has 0 bridgehead atoms. The second kappa shape index (κ2) is 10.9. The maximum absolute atomic E-state index is 12.4. The van der Waals surface area contributed by atoms with E-state index in [-0.39, 0.29) is 11.0 Å². The third-order valence-electron chi connectivity index (χ3n) is 5.10. The Morgan fingerprint density at radius 2 is 1.70 bits per heavy atom. The molecule has 1 amide bonds. The molecule has 2 aromatic rings. The van der Waals surface area contributed by atoms with Crippen molar-refractivity contribution in [1.82, 2.24) is 10.2 Å². The first-order valence-electron chi connectivity index (χ1n) is 10.4. The summed E-state index contributed by atoms with van der Waals surface area (Å²) in [5, 5.41) is 6.07. The molecule has 30 heavy (non-hydrogen) atoms. The first-order valence-corrected chi connectivity index (χ1v) is 10.8. The first-order chi connectivity index (χ1) is 14.5.